The summed E-state index contributed by atoms with van der Waals surface area (Å²) >= 11 is 5.84. The van der Waals surface area contributed by atoms with E-state index in [2.05, 4.69) is 44.2 Å². The molecule has 1 rings (SSSR count). The lowest BCUT2D eigenvalue weighted by molar-refractivity contribution is 0.100. The number of carbonyl (C=O) groups excluding carboxylic acids is 1. The van der Waals surface area contributed by atoms with Gasteiger partial charge in [-0.25, -0.2) is 4.98 Å². The fraction of sp³-hybridized carbons (Fsp3) is 0.571. The van der Waals surface area contributed by atoms with E-state index in [4.69, 9.17) is 21.8 Å². The summed E-state index contributed by atoms with van der Waals surface area (Å²) in [5.41, 5.74) is 5.63. The molecular weight excluding hydrogens is 306 g/mol. The van der Waals surface area contributed by atoms with Gasteiger partial charge in [-0.15, -0.1) is 0 Å². The zero-order chi connectivity index (χ0) is 16.3. The Morgan fingerprint density at radius 3 is 2.57 bits per heavy atom. The first-order chi connectivity index (χ1) is 9.54. The molecule has 1 heterocycles. The van der Waals surface area contributed by atoms with E-state index >= 15 is 0 Å². The van der Waals surface area contributed by atoms with E-state index in [-0.39, 0.29) is 5.04 Å². The van der Waals surface area contributed by atoms with Gasteiger partial charge in [-0.2, -0.15) is 0 Å². The number of nitrogens with two attached hydrogens (primary N) is 1. The Kier molecular flexibility index (Phi) is 5.78. The SMILES string of the molecule is CC(C)(C)[Si](C)(C)OCCNc1nc(Cl)ccc1C(N)=O. The molecule has 0 saturated carbocycles. The monoisotopic (exact) mass is 329 g/mol. The van der Waals surface area contributed by atoms with Crippen molar-refractivity contribution in [2.24, 2.45) is 5.73 Å². The number of aromatic nitrogens is 1. The fourth-order valence-corrected chi connectivity index (χ4v) is 2.65. The van der Waals surface area contributed by atoms with E-state index in [0.717, 1.165) is 0 Å². The number of halogens is 1. The molecule has 0 spiro atoms. The molecule has 1 amide bonds. The molecule has 0 aliphatic rings. The minimum Gasteiger partial charge on any atom is -0.415 e. The Labute approximate surface area is 132 Å². The van der Waals surface area contributed by atoms with Gasteiger partial charge < -0.3 is 15.5 Å². The lowest BCUT2D eigenvalue weighted by Gasteiger charge is -2.36. The van der Waals surface area contributed by atoms with Crippen molar-refractivity contribution in [3.05, 3.63) is 22.8 Å². The topological polar surface area (TPSA) is 77.2 Å². The van der Waals surface area contributed by atoms with Crippen LogP contribution in [0, 0.1) is 0 Å². The highest BCUT2D eigenvalue weighted by atomic mass is 35.5. The second-order valence-electron chi connectivity index (χ2n) is 6.43. The van der Waals surface area contributed by atoms with Crippen LogP contribution in [0.4, 0.5) is 5.82 Å². The highest BCUT2D eigenvalue weighted by Crippen LogP contribution is 2.36. The standard InChI is InChI=1S/C14H24ClN3O2Si/c1-14(2,3)21(4,5)20-9-8-17-13-10(12(16)19)6-7-11(15)18-13/h6-7H,8-9H2,1-5H3,(H2,16,19)(H,17,18). The number of hydrogen-bond acceptors (Lipinski definition) is 4. The largest absolute Gasteiger partial charge is 0.415 e. The third kappa shape index (κ3) is 4.98. The lowest BCUT2D eigenvalue weighted by atomic mass is 10.2. The fourth-order valence-electron chi connectivity index (χ4n) is 1.46. The molecule has 21 heavy (non-hydrogen) atoms. The summed E-state index contributed by atoms with van der Waals surface area (Å²) < 4.78 is 6.05. The van der Waals surface area contributed by atoms with Crippen LogP contribution in [0.1, 0.15) is 31.1 Å². The van der Waals surface area contributed by atoms with Crippen molar-refractivity contribution in [2.75, 3.05) is 18.5 Å². The summed E-state index contributed by atoms with van der Waals surface area (Å²) in [7, 11) is -1.77. The zero-order valence-corrected chi connectivity index (χ0v) is 15.0. The van der Waals surface area contributed by atoms with Crippen LogP contribution >= 0.6 is 11.6 Å². The van der Waals surface area contributed by atoms with Crippen LogP contribution in [-0.2, 0) is 4.43 Å². The van der Waals surface area contributed by atoms with Gasteiger partial charge in [0.15, 0.2) is 8.32 Å². The first-order valence-corrected chi connectivity index (χ1v) is 10.2. The molecular formula is C14H24ClN3O2Si. The van der Waals surface area contributed by atoms with Crippen LogP contribution in [0.5, 0.6) is 0 Å². The van der Waals surface area contributed by atoms with Gasteiger partial charge in [-0.3, -0.25) is 4.79 Å². The van der Waals surface area contributed by atoms with Crippen LogP contribution in [0.15, 0.2) is 12.1 Å². The van der Waals surface area contributed by atoms with Gasteiger partial charge in [-0.05, 0) is 30.3 Å². The molecule has 0 aromatic carbocycles. The molecule has 1 aromatic rings. The Morgan fingerprint density at radius 2 is 2.05 bits per heavy atom. The first kappa shape index (κ1) is 17.9. The van der Waals surface area contributed by atoms with E-state index in [1.165, 1.54) is 0 Å². The van der Waals surface area contributed by atoms with Crippen LogP contribution in [0.3, 0.4) is 0 Å². The minimum absolute atomic E-state index is 0.166. The molecule has 0 unspecified atom stereocenters. The van der Waals surface area contributed by atoms with Gasteiger partial charge in [0, 0.05) is 6.54 Å². The predicted molar refractivity (Wildman–Crippen MR) is 89.4 cm³/mol. The number of nitrogens with zero attached hydrogens (tertiary/aromatic N) is 1. The minimum atomic E-state index is -1.77. The number of hydrogen-bond donors (Lipinski definition) is 2. The van der Waals surface area contributed by atoms with Gasteiger partial charge in [0.1, 0.15) is 11.0 Å². The van der Waals surface area contributed by atoms with Crippen LogP contribution in [-0.4, -0.2) is 32.4 Å². The van der Waals surface area contributed by atoms with Gasteiger partial charge in [0.2, 0.25) is 0 Å². The Hall–Kier alpha value is -1.11. The third-order valence-electron chi connectivity index (χ3n) is 3.79. The molecule has 0 aliphatic heterocycles. The number of pyridine rings is 1. The number of primary amides is 1. The molecule has 0 saturated heterocycles. The Bertz CT molecular complexity index is 515. The number of rotatable bonds is 6. The second kappa shape index (κ2) is 6.77. The highest BCUT2D eigenvalue weighted by molar-refractivity contribution is 6.74. The summed E-state index contributed by atoms with van der Waals surface area (Å²) in [6.07, 6.45) is 0. The summed E-state index contributed by atoms with van der Waals surface area (Å²) in [4.78, 5) is 15.4. The predicted octanol–water partition coefficient (Wildman–Crippen LogP) is 3.27. The molecule has 0 radical (unpaired) electrons. The molecule has 0 bridgehead atoms. The maximum Gasteiger partial charge on any atom is 0.252 e. The smallest absolute Gasteiger partial charge is 0.252 e. The van der Waals surface area contributed by atoms with E-state index in [1.54, 1.807) is 12.1 Å². The van der Waals surface area contributed by atoms with Crippen LogP contribution in [0.25, 0.3) is 0 Å². The third-order valence-corrected chi connectivity index (χ3v) is 8.54. The highest BCUT2D eigenvalue weighted by Gasteiger charge is 2.36. The summed E-state index contributed by atoms with van der Waals surface area (Å²) in [6, 6.07) is 3.10. The van der Waals surface area contributed by atoms with Gasteiger partial charge in [0.05, 0.1) is 12.2 Å². The first-order valence-electron chi connectivity index (χ1n) is 6.89. The van der Waals surface area contributed by atoms with Crippen molar-refractivity contribution >= 4 is 31.6 Å². The average molecular weight is 330 g/mol. The number of amides is 1. The summed E-state index contributed by atoms with van der Waals surface area (Å²) in [6.45, 7) is 12.0. The van der Waals surface area contributed by atoms with E-state index in [9.17, 15) is 4.79 Å². The van der Waals surface area contributed by atoms with Gasteiger partial charge >= 0.3 is 0 Å². The maximum atomic E-state index is 11.3. The van der Waals surface area contributed by atoms with Crippen molar-refractivity contribution in [1.29, 1.82) is 0 Å². The van der Waals surface area contributed by atoms with Gasteiger partial charge in [-0.1, -0.05) is 32.4 Å². The van der Waals surface area contributed by atoms with E-state index in [0.29, 0.717) is 29.7 Å². The van der Waals surface area contributed by atoms with Crippen LogP contribution < -0.4 is 11.1 Å². The zero-order valence-electron chi connectivity index (χ0n) is 13.3. The number of anilines is 1. The summed E-state index contributed by atoms with van der Waals surface area (Å²) in [5, 5.41) is 3.54. The molecule has 1 aromatic heterocycles. The summed E-state index contributed by atoms with van der Waals surface area (Å²) in [5.74, 6) is -0.138. The Balaban J connectivity index is 2.61. The van der Waals surface area contributed by atoms with Crippen molar-refractivity contribution < 1.29 is 9.22 Å². The quantitative estimate of drug-likeness (QED) is 0.477. The molecule has 0 atom stereocenters. The second-order valence-corrected chi connectivity index (χ2v) is 11.6. The number of nitrogens with one attached hydrogen (secondary N) is 1. The molecule has 118 valence electrons. The maximum absolute atomic E-state index is 11.3. The molecule has 7 heteroatoms. The Morgan fingerprint density at radius 1 is 1.43 bits per heavy atom. The van der Waals surface area contributed by atoms with E-state index < -0.39 is 14.2 Å². The molecule has 5 nitrogen and oxygen atoms in total. The normalized spacial score (nSPS) is 12.3. The molecule has 0 aliphatic carbocycles. The lowest BCUT2D eigenvalue weighted by Crippen LogP contribution is -2.41. The van der Waals surface area contributed by atoms with Gasteiger partial charge in [0.25, 0.3) is 5.91 Å². The molecule has 3 N–H and O–H groups in total. The number of carbonyl (C=O) groups is 1. The van der Waals surface area contributed by atoms with Crippen molar-refractivity contribution in [3.63, 3.8) is 0 Å². The van der Waals surface area contributed by atoms with Crippen molar-refractivity contribution in [3.8, 4) is 0 Å². The van der Waals surface area contributed by atoms with E-state index in [1.807, 2.05) is 0 Å². The van der Waals surface area contributed by atoms with Crippen molar-refractivity contribution in [1.82, 2.24) is 4.98 Å². The average Bonchev–Trinajstić information content (AvgIpc) is 2.33. The molecule has 0 fully saturated rings. The van der Waals surface area contributed by atoms with Crippen molar-refractivity contribution in [2.45, 2.75) is 38.9 Å². The van der Waals surface area contributed by atoms with Crippen LogP contribution in [0.2, 0.25) is 23.3 Å².